The van der Waals surface area contributed by atoms with Crippen molar-refractivity contribution < 1.29 is 19.1 Å². The minimum absolute atomic E-state index is 0.123. The fourth-order valence-corrected chi connectivity index (χ4v) is 1.56. The summed E-state index contributed by atoms with van der Waals surface area (Å²) in [5, 5.41) is 0. The first-order chi connectivity index (χ1) is 9.58. The number of nitrogens with one attached hydrogen (secondary N) is 1. The summed E-state index contributed by atoms with van der Waals surface area (Å²) in [5.74, 6) is -0.956. The average Bonchev–Trinajstić information content (AvgIpc) is 2.43. The number of aromatic amines is 1. The number of carbonyl (C=O) groups is 2. The molecule has 0 aromatic carbocycles. The third kappa shape index (κ3) is 4.85. The second-order valence-electron chi connectivity index (χ2n) is 3.95. The van der Waals surface area contributed by atoms with E-state index in [1.807, 2.05) is 0 Å². The first-order valence-corrected chi connectivity index (χ1v) is 6.21. The van der Waals surface area contributed by atoms with Gasteiger partial charge in [0.1, 0.15) is 12.2 Å². The molecule has 0 aliphatic heterocycles. The molecule has 0 bridgehead atoms. The Kier molecular flexibility index (Phi) is 6.45. The summed E-state index contributed by atoms with van der Waals surface area (Å²) in [6.45, 7) is 2.25. The number of rotatable bonds is 7. The van der Waals surface area contributed by atoms with Gasteiger partial charge in [0, 0.05) is 19.7 Å². The molecule has 1 rings (SSSR count). The second kappa shape index (κ2) is 8.11. The molecule has 0 aliphatic carbocycles. The van der Waals surface area contributed by atoms with Gasteiger partial charge in [-0.25, -0.2) is 0 Å². The molecule has 0 aliphatic rings. The number of H-pyrrole nitrogens is 1. The second-order valence-corrected chi connectivity index (χ2v) is 3.95. The highest BCUT2D eigenvalue weighted by atomic mass is 16.5. The van der Waals surface area contributed by atoms with Crippen molar-refractivity contribution >= 4 is 11.9 Å². The maximum absolute atomic E-state index is 12.2. The largest absolute Gasteiger partial charge is 0.465 e. The smallest absolute Gasteiger partial charge is 0.325 e. The number of nitrogens with zero attached hydrogens (tertiary/aromatic N) is 1. The van der Waals surface area contributed by atoms with Crippen LogP contribution in [-0.4, -0.2) is 55.2 Å². The molecule has 7 heteroatoms. The van der Waals surface area contributed by atoms with Gasteiger partial charge in [0.05, 0.1) is 13.2 Å². The zero-order valence-corrected chi connectivity index (χ0v) is 11.5. The number of esters is 1. The third-order valence-electron chi connectivity index (χ3n) is 2.48. The molecule has 0 radical (unpaired) electrons. The van der Waals surface area contributed by atoms with E-state index in [0.29, 0.717) is 0 Å². The first-order valence-electron chi connectivity index (χ1n) is 6.21. The molecule has 0 spiro atoms. The monoisotopic (exact) mass is 282 g/mol. The molecule has 0 fully saturated rings. The highest BCUT2D eigenvalue weighted by Gasteiger charge is 2.19. The maximum Gasteiger partial charge on any atom is 0.325 e. The van der Waals surface area contributed by atoms with Crippen LogP contribution < -0.4 is 5.56 Å². The Morgan fingerprint density at radius 1 is 1.35 bits per heavy atom. The van der Waals surface area contributed by atoms with E-state index < -0.39 is 11.9 Å². The molecule has 1 aromatic heterocycles. The molecule has 1 aromatic rings. The Bertz CT molecular complexity index is 511. The zero-order valence-electron chi connectivity index (χ0n) is 11.5. The van der Waals surface area contributed by atoms with E-state index in [-0.39, 0.29) is 37.6 Å². The number of hydrogen-bond acceptors (Lipinski definition) is 5. The van der Waals surface area contributed by atoms with Gasteiger partial charge in [-0.3, -0.25) is 14.4 Å². The molecule has 7 nitrogen and oxygen atoms in total. The van der Waals surface area contributed by atoms with Crippen LogP contribution >= 0.6 is 0 Å². The maximum atomic E-state index is 12.2. The number of ether oxygens (including phenoxy) is 2. The lowest BCUT2D eigenvalue weighted by molar-refractivity contribution is -0.143. The van der Waals surface area contributed by atoms with Gasteiger partial charge in [-0.1, -0.05) is 6.07 Å². The first kappa shape index (κ1) is 15.9. The van der Waals surface area contributed by atoms with E-state index in [2.05, 4.69) is 4.98 Å². The fourth-order valence-electron chi connectivity index (χ4n) is 1.56. The molecule has 1 heterocycles. The number of methoxy groups -OCH3 is 1. The summed E-state index contributed by atoms with van der Waals surface area (Å²) in [5.41, 5.74) is -0.253. The molecule has 1 amide bonds. The fraction of sp³-hybridized carbons (Fsp3) is 0.462. The summed E-state index contributed by atoms with van der Waals surface area (Å²) in [7, 11) is 1.50. The molecule has 0 saturated carbocycles. The average molecular weight is 282 g/mol. The van der Waals surface area contributed by atoms with Crippen LogP contribution in [0.15, 0.2) is 23.0 Å². The molecule has 20 heavy (non-hydrogen) atoms. The van der Waals surface area contributed by atoms with Gasteiger partial charge < -0.3 is 19.4 Å². The lowest BCUT2D eigenvalue weighted by Crippen LogP contribution is -2.39. The normalized spacial score (nSPS) is 10.1. The molecule has 0 saturated heterocycles. The van der Waals surface area contributed by atoms with Crippen molar-refractivity contribution in [1.29, 1.82) is 0 Å². The van der Waals surface area contributed by atoms with Crippen LogP contribution in [0.2, 0.25) is 0 Å². The van der Waals surface area contributed by atoms with E-state index in [0.717, 1.165) is 0 Å². The predicted octanol–water partition coefficient (Wildman–Crippen LogP) is 0.0266. The molecule has 0 atom stereocenters. The lowest BCUT2D eigenvalue weighted by atomic mass is 10.3. The van der Waals surface area contributed by atoms with Crippen molar-refractivity contribution in [2.24, 2.45) is 0 Å². The standard InChI is InChI=1S/C13H18N2O5/c1-3-20-12(17)9-15(7-8-19-2)13(18)10-5-4-6-11(16)14-10/h4-6H,3,7-9H2,1-2H3,(H,14,16). The molecular weight excluding hydrogens is 264 g/mol. The van der Waals surface area contributed by atoms with Gasteiger partial charge in [0.25, 0.3) is 5.91 Å². The molecule has 110 valence electrons. The third-order valence-corrected chi connectivity index (χ3v) is 2.48. The van der Waals surface area contributed by atoms with Gasteiger partial charge in [-0.2, -0.15) is 0 Å². The van der Waals surface area contributed by atoms with Crippen LogP contribution in [-0.2, 0) is 14.3 Å². The zero-order chi connectivity index (χ0) is 15.0. The number of aromatic nitrogens is 1. The highest BCUT2D eigenvalue weighted by Crippen LogP contribution is 2.01. The molecule has 1 N–H and O–H groups in total. The van der Waals surface area contributed by atoms with Crippen LogP contribution in [0.4, 0.5) is 0 Å². The predicted molar refractivity (Wildman–Crippen MR) is 71.5 cm³/mol. The Morgan fingerprint density at radius 3 is 2.70 bits per heavy atom. The summed E-state index contributed by atoms with van der Waals surface area (Å²) < 4.78 is 9.72. The van der Waals surface area contributed by atoms with E-state index in [4.69, 9.17) is 9.47 Å². The van der Waals surface area contributed by atoms with Crippen LogP contribution in [0.5, 0.6) is 0 Å². The van der Waals surface area contributed by atoms with Gasteiger partial charge in [-0.15, -0.1) is 0 Å². The Balaban J connectivity index is 2.83. The molecule has 0 unspecified atom stereocenters. The van der Waals surface area contributed by atoms with Crippen LogP contribution in [0, 0.1) is 0 Å². The van der Waals surface area contributed by atoms with Crippen molar-refractivity contribution in [3.63, 3.8) is 0 Å². The highest BCUT2D eigenvalue weighted by molar-refractivity contribution is 5.94. The van der Waals surface area contributed by atoms with Gasteiger partial charge >= 0.3 is 5.97 Å². The Labute approximate surface area is 116 Å². The van der Waals surface area contributed by atoms with E-state index in [1.165, 1.54) is 30.2 Å². The van der Waals surface area contributed by atoms with E-state index >= 15 is 0 Å². The number of carbonyl (C=O) groups excluding carboxylic acids is 2. The Morgan fingerprint density at radius 2 is 2.10 bits per heavy atom. The summed E-state index contributed by atoms with van der Waals surface area (Å²) in [6.07, 6.45) is 0. The summed E-state index contributed by atoms with van der Waals surface area (Å²) in [6, 6.07) is 4.27. The van der Waals surface area contributed by atoms with Crippen LogP contribution in [0.1, 0.15) is 17.4 Å². The van der Waals surface area contributed by atoms with Crippen molar-refractivity contribution in [3.8, 4) is 0 Å². The van der Waals surface area contributed by atoms with Crippen molar-refractivity contribution in [3.05, 3.63) is 34.2 Å². The summed E-state index contributed by atoms with van der Waals surface area (Å²) >= 11 is 0. The van der Waals surface area contributed by atoms with Gasteiger partial charge in [0.15, 0.2) is 0 Å². The van der Waals surface area contributed by atoms with Crippen molar-refractivity contribution in [2.75, 3.05) is 33.4 Å². The number of amides is 1. The minimum Gasteiger partial charge on any atom is -0.465 e. The lowest BCUT2D eigenvalue weighted by Gasteiger charge is -2.21. The minimum atomic E-state index is -0.504. The van der Waals surface area contributed by atoms with Crippen LogP contribution in [0.3, 0.4) is 0 Å². The van der Waals surface area contributed by atoms with E-state index in [9.17, 15) is 14.4 Å². The quantitative estimate of drug-likeness (QED) is 0.713. The van der Waals surface area contributed by atoms with Gasteiger partial charge in [0.2, 0.25) is 5.56 Å². The number of hydrogen-bond donors (Lipinski definition) is 1. The van der Waals surface area contributed by atoms with Crippen molar-refractivity contribution in [1.82, 2.24) is 9.88 Å². The molecular formula is C13H18N2O5. The van der Waals surface area contributed by atoms with Crippen molar-refractivity contribution in [2.45, 2.75) is 6.92 Å². The number of pyridine rings is 1. The SMILES string of the molecule is CCOC(=O)CN(CCOC)C(=O)c1cccc(=O)[nH]1. The topological polar surface area (TPSA) is 88.7 Å². The van der Waals surface area contributed by atoms with Crippen LogP contribution in [0.25, 0.3) is 0 Å². The van der Waals surface area contributed by atoms with E-state index in [1.54, 1.807) is 6.92 Å². The Hall–Kier alpha value is -2.15. The summed E-state index contributed by atoms with van der Waals surface area (Å²) in [4.78, 5) is 38.6. The van der Waals surface area contributed by atoms with Gasteiger partial charge in [-0.05, 0) is 13.0 Å².